The van der Waals surface area contributed by atoms with Crippen LogP contribution in [-0.4, -0.2) is 30.5 Å². The second-order valence-corrected chi connectivity index (χ2v) is 8.83. The average Bonchev–Trinajstić information content (AvgIpc) is 3.15. The predicted octanol–water partition coefficient (Wildman–Crippen LogP) is 5.90. The summed E-state index contributed by atoms with van der Waals surface area (Å²) < 4.78 is 11.2. The molecule has 1 fully saturated rings. The van der Waals surface area contributed by atoms with E-state index in [2.05, 4.69) is 0 Å². The zero-order valence-corrected chi connectivity index (χ0v) is 21.3. The maximum Gasteiger partial charge on any atom is 0.300 e. The lowest BCUT2D eigenvalue weighted by Gasteiger charge is -2.26. The Labute approximate surface area is 211 Å². The van der Waals surface area contributed by atoms with Crippen LogP contribution in [0.3, 0.4) is 0 Å². The van der Waals surface area contributed by atoms with Crippen molar-refractivity contribution >= 4 is 23.1 Å². The van der Waals surface area contributed by atoms with Crippen LogP contribution >= 0.6 is 0 Å². The van der Waals surface area contributed by atoms with Crippen LogP contribution < -0.4 is 14.4 Å². The number of aliphatic hydroxyl groups is 1. The number of aryl methyl sites for hydroxylation is 3. The largest absolute Gasteiger partial charge is 0.507 e. The van der Waals surface area contributed by atoms with E-state index in [1.807, 2.05) is 58.0 Å². The second-order valence-electron chi connectivity index (χ2n) is 8.83. The molecule has 6 heteroatoms. The highest BCUT2D eigenvalue weighted by Crippen LogP contribution is 2.44. The summed E-state index contributed by atoms with van der Waals surface area (Å²) >= 11 is 0. The van der Waals surface area contributed by atoms with Crippen LogP contribution in [0.15, 0.2) is 66.2 Å². The number of aliphatic hydroxyl groups excluding tert-OH is 1. The van der Waals surface area contributed by atoms with E-state index >= 15 is 0 Å². The number of hydrogen-bond acceptors (Lipinski definition) is 5. The number of Topliss-reactive ketones (excluding diaryl/α,β-unsaturated/α-hetero) is 1. The molecule has 0 aliphatic carbocycles. The molecule has 0 radical (unpaired) electrons. The summed E-state index contributed by atoms with van der Waals surface area (Å²) in [5, 5.41) is 11.4. The van der Waals surface area contributed by atoms with Crippen molar-refractivity contribution in [1.29, 1.82) is 0 Å². The van der Waals surface area contributed by atoms with Crippen molar-refractivity contribution in [3.8, 4) is 11.5 Å². The highest BCUT2D eigenvalue weighted by Gasteiger charge is 2.47. The van der Waals surface area contributed by atoms with Gasteiger partial charge in [0.1, 0.15) is 5.76 Å². The van der Waals surface area contributed by atoms with Crippen molar-refractivity contribution < 1.29 is 24.2 Å². The quantitative estimate of drug-likeness (QED) is 0.256. The van der Waals surface area contributed by atoms with Crippen molar-refractivity contribution in [2.45, 2.75) is 40.2 Å². The first-order valence-electron chi connectivity index (χ1n) is 12.1. The predicted molar refractivity (Wildman–Crippen MR) is 141 cm³/mol. The van der Waals surface area contributed by atoms with Crippen molar-refractivity contribution in [3.05, 3.63) is 94.1 Å². The Morgan fingerprint density at radius 3 is 2.25 bits per heavy atom. The van der Waals surface area contributed by atoms with Gasteiger partial charge in [0.25, 0.3) is 11.7 Å². The second kappa shape index (κ2) is 10.3. The van der Waals surface area contributed by atoms with E-state index in [0.717, 1.165) is 23.1 Å². The van der Waals surface area contributed by atoms with Crippen molar-refractivity contribution in [3.63, 3.8) is 0 Å². The third kappa shape index (κ3) is 4.47. The van der Waals surface area contributed by atoms with Crippen molar-refractivity contribution in [1.82, 2.24) is 0 Å². The molecular formula is C30H31NO5. The summed E-state index contributed by atoms with van der Waals surface area (Å²) in [6.07, 6.45) is 0.851. The number of carbonyl (C=O) groups is 2. The summed E-state index contributed by atoms with van der Waals surface area (Å²) in [6, 6.07) is 17.4. The first-order chi connectivity index (χ1) is 17.3. The molecule has 6 nitrogen and oxygen atoms in total. The number of rotatable bonds is 7. The Bertz CT molecular complexity index is 1340. The topological polar surface area (TPSA) is 76.1 Å². The van der Waals surface area contributed by atoms with Gasteiger partial charge in [-0.25, -0.2) is 0 Å². The van der Waals surface area contributed by atoms with E-state index < -0.39 is 17.7 Å². The van der Waals surface area contributed by atoms with Gasteiger partial charge in [-0.3, -0.25) is 14.5 Å². The number of benzene rings is 3. The minimum absolute atomic E-state index is 0.0371. The minimum Gasteiger partial charge on any atom is -0.507 e. The molecule has 1 aliphatic rings. The van der Waals surface area contributed by atoms with Gasteiger partial charge in [0, 0.05) is 11.3 Å². The molecule has 0 spiro atoms. The van der Waals surface area contributed by atoms with E-state index in [9.17, 15) is 14.7 Å². The lowest BCUT2D eigenvalue weighted by molar-refractivity contribution is -0.132. The van der Waals surface area contributed by atoms with Crippen LogP contribution in [0, 0.1) is 13.8 Å². The van der Waals surface area contributed by atoms with Crippen LogP contribution in [0.1, 0.15) is 47.7 Å². The third-order valence-electron chi connectivity index (χ3n) is 6.65. The smallest absolute Gasteiger partial charge is 0.300 e. The van der Waals surface area contributed by atoms with Crippen LogP contribution in [0.2, 0.25) is 0 Å². The van der Waals surface area contributed by atoms with Gasteiger partial charge < -0.3 is 14.6 Å². The molecule has 0 bridgehead atoms. The summed E-state index contributed by atoms with van der Waals surface area (Å²) in [5.74, 6) is -0.594. The number of ketones is 1. The van der Waals surface area contributed by atoms with Gasteiger partial charge in [0.15, 0.2) is 11.5 Å². The van der Waals surface area contributed by atoms with Gasteiger partial charge in [-0.05, 0) is 73.7 Å². The normalized spacial score (nSPS) is 16.9. The Hall–Kier alpha value is -4.06. The van der Waals surface area contributed by atoms with Gasteiger partial charge in [-0.15, -0.1) is 0 Å². The molecule has 1 saturated heterocycles. The summed E-state index contributed by atoms with van der Waals surface area (Å²) in [5.41, 5.74) is 4.90. The number of methoxy groups -OCH3 is 1. The van der Waals surface area contributed by atoms with Gasteiger partial charge in [0.2, 0.25) is 0 Å². The lowest BCUT2D eigenvalue weighted by Crippen LogP contribution is -2.29. The van der Waals surface area contributed by atoms with Crippen molar-refractivity contribution in [2.75, 3.05) is 18.6 Å². The van der Waals surface area contributed by atoms with Crippen LogP contribution in [0.5, 0.6) is 11.5 Å². The maximum atomic E-state index is 13.4. The van der Waals surface area contributed by atoms with Crippen LogP contribution in [0.25, 0.3) is 5.76 Å². The summed E-state index contributed by atoms with van der Waals surface area (Å²) in [4.78, 5) is 28.3. The Balaban J connectivity index is 1.95. The fourth-order valence-corrected chi connectivity index (χ4v) is 4.48. The molecule has 1 atom stereocenters. The van der Waals surface area contributed by atoms with E-state index in [0.29, 0.717) is 34.9 Å². The highest BCUT2D eigenvalue weighted by atomic mass is 16.5. The van der Waals surface area contributed by atoms with Crippen LogP contribution in [-0.2, 0) is 16.0 Å². The zero-order valence-electron chi connectivity index (χ0n) is 21.3. The maximum absolute atomic E-state index is 13.4. The van der Waals surface area contributed by atoms with E-state index in [1.165, 1.54) is 4.90 Å². The number of nitrogens with zero attached hydrogens (tertiary/aromatic N) is 1. The number of anilines is 1. The lowest BCUT2D eigenvalue weighted by atomic mass is 9.94. The summed E-state index contributed by atoms with van der Waals surface area (Å²) in [7, 11) is 1.55. The monoisotopic (exact) mass is 485 g/mol. The fraction of sp³-hybridized carbons (Fsp3) is 0.267. The molecule has 1 unspecified atom stereocenters. The van der Waals surface area contributed by atoms with Gasteiger partial charge in [-0.2, -0.15) is 0 Å². The molecular weight excluding hydrogens is 454 g/mol. The molecule has 4 rings (SSSR count). The van der Waals surface area contributed by atoms with Crippen molar-refractivity contribution in [2.24, 2.45) is 0 Å². The SMILES string of the molecule is CCOc1cc(C2/C(=C(\O)c3ccc(CC)cc3)C(=O)C(=O)N2c2ccc(C)c(C)c2)ccc1OC. The highest BCUT2D eigenvalue weighted by molar-refractivity contribution is 6.51. The Morgan fingerprint density at radius 2 is 1.64 bits per heavy atom. The van der Waals surface area contributed by atoms with E-state index in [1.54, 1.807) is 37.4 Å². The van der Waals surface area contributed by atoms with E-state index in [-0.39, 0.29) is 11.3 Å². The number of carbonyl (C=O) groups excluding carboxylic acids is 2. The molecule has 186 valence electrons. The molecule has 1 N–H and O–H groups in total. The Kier molecular flexibility index (Phi) is 7.15. The Morgan fingerprint density at radius 1 is 0.917 bits per heavy atom. The number of amides is 1. The minimum atomic E-state index is -0.844. The molecule has 3 aromatic rings. The third-order valence-corrected chi connectivity index (χ3v) is 6.65. The number of hydrogen-bond donors (Lipinski definition) is 1. The van der Waals surface area contributed by atoms with Gasteiger partial charge >= 0.3 is 0 Å². The zero-order chi connectivity index (χ0) is 26.0. The van der Waals surface area contributed by atoms with Gasteiger partial charge in [0.05, 0.1) is 25.3 Å². The first-order valence-corrected chi connectivity index (χ1v) is 12.1. The molecule has 1 heterocycles. The fourth-order valence-electron chi connectivity index (χ4n) is 4.48. The molecule has 1 amide bonds. The molecule has 3 aromatic carbocycles. The molecule has 0 aromatic heterocycles. The van der Waals surface area contributed by atoms with E-state index in [4.69, 9.17) is 9.47 Å². The molecule has 0 saturated carbocycles. The van der Waals surface area contributed by atoms with Crippen LogP contribution in [0.4, 0.5) is 5.69 Å². The molecule has 36 heavy (non-hydrogen) atoms. The average molecular weight is 486 g/mol. The first kappa shape index (κ1) is 25.0. The summed E-state index contributed by atoms with van der Waals surface area (Å²) in [6.45, 7) is 8.28. The van der Waals surface area contributed by atoms with Gasteiger partial charge in [-0.1, -0.05) is 43.3 Å². The standard InChI is InChI=1S/C30H31NO5/c1-6-20-9-11-21(12-10-20)28(32)26-27(22-13-15-24(35-5)25(17-22)36-7-2)31(30(34)29(26)33)23-14-8-18(3)19(4)16-23/h8-17,27,32H,6-7H2,1-5H3/b28-26+. The number of ether oxygens (including phenoxy) is 2. The molecule has 1 aliphatic heterocycles.